The Morgan fingerprint density at radius 3 is 2.93 bits per heavy atom. The highest BCUT2D eigenvalue weighted by Gasteiger charge is 2.05. The number of carbonyl (C=O) groups excluding carboxylic acids is 1. The van der Waals surface area contributed by atoms with Gasteiger partial charge in [0.15, 0.2) is 0 Å². The molecular formula is C11H12BrNO2. The van der Waals surface area contributed by atoms with E-state index >= 15 is 0 Å². The predicted octanol–water partition coefficient (Wildman–Crippen LogP) is 2.58. The first-order valence-electron chi connectivity index (χ1n) is 4.46. The minimum Gasteiger partial charge on any atom is -0.487 e. The van der Waals surface area contributed by atoms with Gasteiger partial charge in [-0.3, -0.25) is 4.79 Å². The van der Waals surface area contributed by atoms with Crippen molar-refractivity contribution in [2.24, 2.45) is 0 Å². The molecule has 0 aromatic heterocycles. The van der Waals surface area contributed by atoms with Gasteiger partial charge in [-0.25, -0.2) is 0 Å². The molecule has 15 heavy (non-hydrogen) atoms. The summed E-state index contributed by atoms with van der Waals surface area (Å²) in [5.74, 6) is 0.538. The number of amides is 1. The van der Waals surface area contributed by atoms with Crippen molar-refractivity contribution in [3.8, 4) is 5.75 Å². The highest BCUT2D eigenvalue weighted by atomic mass is 79.9. The van der Waals surface area contributed by atoms with Gasteiger partial charge < -0.3 is 10.1 Å². The molecule has 1 N–H and O–H groups in total. The lowest BCUT2D eigenvalue weighted by molar-refractivity contribution is -0.113. The number of ether oxygens (including phenoxy) is 1. The maximum atomic E-state index is 11.2. The molecule has 1 amide bonds. The van der Waals surface area contributed by atoms with E-state index in [9.17, 15) is 4.79 Å². The predicted molar refractivity (Wildman–Crippen MR) is 64.6 cm³/mol. The quantitative estimate of drug-likeness (QED) is 0.659. The summed E-state index contributed by atoms with van der Waals surface area (Å²) in [5.41, 5.74) is 0.670. The van der Waals surface area contributed by atoms with Gasteiger partial charge in [-0.05, 0) is 12.1 Å². The number of carbonyl (C=O) groups is 1. The Hall–Kier alpha value is -1.29. The highest BCUT2D eigenvalue weighted by molar-refractivity contribution is 9.09. The summed E-state index contributed by atoms with van der Waals surface area (Å²) in [4.78, 5) is 11.2. The molecule has 80 valence electrons. The summed E-state index contributed by atoms with van der Waals surface area (Å²) in [6.45, 7) is 3.98. The Kier molecular flexibility index (Phi) is 4.90. The fourth-order valence-corrected chi connectivity index (χ4v) is 1.17. The van der Waals surface area contributed by atoms with E-state index in [-0.39, 0.29) is 11.2 Å². The average Bonchev–Trinajstić information content (AvgIpc) is 2.28. The van der Waals surface area contributed by atoms with E-state index in [2.05, 4.69) is 27.8 Å². The molecule has 0 aliphatic rings. The molecule has 0 heterocycles. The van der Waals surface area contributed by atoms with Crippen LogP contribution in [0.5, 0.6) is 5.75 Å². The molecule has 0 radical (unpaired) electrons. The maximum absolute atomic E-state index is 11.2. The zero-order valence-electron chi connectivity index (χ0n) is 8.20. The first kappa shape index (κ1) is 11.8. The standard InChI is InChI=1S/C11H12BrNO2/c1-2-7-15-10-6-4-3-5-9(10)13-11(14)8-12/h2-6H,1,7-8H2,(H,13,14). The fourth-order valence-electron chi connectivity index (χ4n) is 1.03. The number of anilines is 1. The van der Waals surface area contributed by atoms with Gasteiger partial charge in [0, 0.05) is 0 Å². The van der Waals surface area contributed by atoms with Gasteiger partial charge in [-0.2, -0.15) is 0 Å². The van der Waals surface area contributed by atoms with Crippen LogP contribution in [0.4, 0.5) is 5.69 Å². The first-order valence-corrected chi connectivity index (χ1v) is 5.58. The Bertz CT molecular complexity index is 352. The van der Waals surface area contributed by atoms with E-state index in [1.54, 1.807) is 18.2 Å². The van der Waals surface area contributed by atoms with Crippen LogP contribution < -0.4 is 10.1 Å². The van der Waals surface area contributed by atoms with Gasteiger partial charge in [-0.1, -0.05) is 40.7 Å². The maximum Gasteiger partial charge on any atom is 0.235 e. The van der Waals surface area contributed by atoms with Crippen molar-refractivity contribution in [1.29, 1.82) is 0 Å². The zero-order valence-corrected chi connectivity index (χ0v) is 9.79. The van der Waals surface area contributed by atoms with Crippen LogP contribution in [0.15, 0.2) is 36.9 Å². The molecule has 1 aromatic rings. The number of nitrogens with one attached hydrogen (secondary N) is 1. The van der Waals surface area contributed by atoms with Crippen molar-refractivity contribution in [3.05, 3.63) is 36.9 Å². The van der Waals surface area contributed by atoms with E-state index in [1.165, 1.54) is 0 Å². The van der Waals surface area contributed by atoms with Crippen LogP contribution in [0.1, 0.15) is 0 Å². The third-order valence-corrected chi connectivity index (χ3v) is 2.15. The molecule has 0 bridgehead atoms. The van der Waals surface area contributed by atoms with Crippen molar-refractivity contribution in [2.45, 2.75) is 0 Å². The third kappa shape index (κ3) is 3.75. The van der Waals surface area contributed by atoms with E-state index in [0.717, 1.165) is 0 Å². The number of para-hydroxylation sites is 2. The lowest BCUT2D eigenvalue weighted by atomic mass is 10.3. The molecule has 0 spiro atoms. The molecule has 0 atom stereocenters. The van der Waals surface area contributed by atoms with Gasteiger partial charge >= 0.3 is 0 Å². The first-order chi connectivity index (χ1) is 7.27. The smallest absolute Gasteiger partial charge is 0.235 e. The summed E-state index contributed by atoms with van der Waals surface area (Å²) in [5, 5.41) is 2.99. The van der Waals surface area contributed by atoms with Crippen molar-refractivity contribution >= 4 is 27.5 Å². The van der Waals surface area contributed by atoms with Gasteiger partial charge in [0.05, 0.1) is 11.0 Å². The minimum atomic E-state index is -0.107. The second-order valence-electron chi connectivity index (χ2n) is 2.78. The molecule has 0 fully saturated rings. The van der Waals surface area contributed by atoms with Crippen LogP contribution in [0.3, 0.4) is 0 Å². The van der Waals surface area contributed by atoms with Crippen molar-refractivity contribution < 1.29 is 9.53 Å². The van der Waals surface area contributed by atoms with Crippen LogP contribution >= 0.6 is 15.9 Å². The molecule has 1 rings (SSSR count). The molecule has 0 unspecified atom stereocenters. The molecule has 0 saturated carbocycles. The third-order valence-electron chi connectivity index (χ3n) is 1.64. The SMILES string of the molecule is C=CCOc1ccccc1NC(=O)CBr. The Labute approximate surface area is 97.3 Å². The number of hydrogen-bond acceptors (Lipinski definition) is 2. The van der Waals surface area contributed by atoms with E-state index in [1.807, 2.05) is 12.1 Å². The normalized spacial score (nSPS) is 9.40. The summed E-state index contributed by atoms with van der Waals surface area (Å²) >= 11 is 3.08. The Balaban J connectivity index is 2.76. The Morgan fingerprint density at radius 2 is 2.27 bits per heavy atom. The number of benzene rings is 1. The highest BCUT2D eigenvalue weighted by Crippen LogP contribution is 2.23. The second-order valence-corrected chi connectivity index (χ2v) is 3.34. The van der Waals surface area contributed by atoms with Crippen LogP contribution in [-0.4, -0.2) is 17.8 Å². The van der Waals surface area contributed by atoms with Gasteiger partial charge in [0.25, 0.3) is 0 Å². The number of halogens is 1. The molecule has 3 nitrogen and oxygen atoms in total. The lowest BCUT2D eigenvalue weighted by Crippen LogP contribution is -2.13. The summed E-state index contributed by atoms with van der Waals surface area (Å²) < 4.78 is 5.38. The lowest BCUT2D eigenvalue weighted by Gasteiger charge is -2.10. The molecule has 0 aliphatic heterocycles. The number of hydrogen-bond donors (Lipinski definition) is 1. The van der Waals surface area contributed by atoms with Crippen LogP contribution in [-0.2, 0) is 4.79 Å². The molecular weight excluding hydrogens is 258 g/mol. The fraction of sp³-hybridized carbons (Fsp3) is 0.182. The minimum absolute atomic E-state index is 0.107. The second kappa shape index (κ2) is 6.24. The molecule has 0 saturated heterocycles. The topological polar surface area (TPSA) is 38.3 Å². The van der Waals surface area contributed by atoms with E-state index in [0.29, 0.717) is 18.0 Å². The number of rotatable bonds is 5. The van der Waals surface area contributed by atoms with Gasteiger partial charge in [-0.15, -0.1) is 0 Å². The van der Waals surface area contributed by atoms with Crippen LogP contribution in [0.25, 0.3) is 0 Å². The van der Waals surface area contributed by atoms with Crippen molar-refractivity contribution in [1.82, 2.24) is 0 Å². The van der Waals surface area contributed by atoms with Crippen LogP contribution in [0.2, 0.25) is 0 Å². The van der Waals surface area contributed by atoms with E-state index < -0.39 is 0 Å². The molecule has 1 aromatic carbocycles. The molecule has 0 aliphatic carbocycles. The summed E-state index contributed by atoms with van der Waals surface area (Å²) in [6.07, 6.45) is 1.66. The van der Waals surface area contributed by atoms with Crippen molar-refractivity contribution in [2.75, 3.05) is 17.3 Å². The average molecular weight is 270 g/mol. The Morgan fingerprint density at radius 1 is 1.53 bits per heavy atom. The monoisotopic (exact) mass is 269 g/mol. The number of alkyl halides is 1. The van der Waals surface area contributed by atoms with Crippen LogP contribution in [0, 0.1) is 0 Å². The van der Waals surface area contributed by atoms with Crippen molar-refractivity contribution in [3.63, 3.8) is 0 Å². The largest absolute Gasteiger partial charge is 0.487 e. The zero-order chi connectivity index (χ0) is 11.1. The van der Waals surface area contributed by atoms with Gasteiger partial charge in [0.2, 0.25) is 5.91 Å². The van der Waals surface area contributed by atoms with Gasteiger partial charge in [0.1, 0.15) is 12.4 Å². The van der Waals surface area contributed by atoms with E-state index in [4.69, 9.17) is 4.74 Å². The summed E-state index contributed by atoms with van der Waals surface area (Å²) in [7, 11) is 0. The molecule has 4 heteroatoms. The summed E-state index contributed by atoms with van der Waals surface area (Å²) in [6, 6.07) is 7.28.